The maximum absolute atomic E-state index is 11.6. The van der Waals surface area contributed by atoms with Crippen LogP contribution in [0, 0.1) is 12.3 Å². The molecule has 0 saturated carbocycles. The number of ether oxygens (including phenoxy) is 1. The molecule has 2 nitrogen and oxygen atoms in total. The number of carbonyl (C=O) groups is 1. The van der Waals surface area contributed by atoms with Gasteiger partial charge in [-0.3, -0.25) is 0 Å². The Kier molecular flexibility index (Phi) is 2.58. The van der Waals surface area contributed by atoms with Crippen LogP contribution in [0.2, 0.25) is 0 Å². The van der Waals surface area contributed by atoms with Crippen LogP contribution in [0.25, 0.3) is 6.08 Å². The summed E-state index contributed by atoms with van der Waals surface area (Å²) in [5, 5.41) is 0. The van der Waals surface area contributed by atoms with Gasteiger partial charge in [0.15, 0.2) is 0 Å². The summed E-state index contributed by atoms with van der Waals surface area (Å²) in [5.74, 6) is -0.189. The van der Waals surface area contributed by atoms with Gasteiger partial charge in [0.25, 0.3) is 0 Å². The zero-order valence-electron chi connectivity index (χ0n) is 9.91. The molecule has 0 unspecified atom stereocenters. The monoisotopic (exact) mass is 216 g/mol. The Morgan fingerprint density at radius 3 is 2.38 bits per heavy atom. The lowest BCUT2D eigenvalue weighted by atomic mass is 9.86. The summed E-state index contributed by atoms with van der Waals surface area (Å²) in [7, 11) is 0. The van der Waals surface area contributed by atoms with Crippen molar-refractivity contribution in [2.24, 2.45) is 5.41 Å². The molecule has 1 saturated heterocycles. The van der Waals surface area contributed by atoms with Crippen LogP contribution < -0.4 is 0 Å². The van der Waals surface area contributed by atoms with Crippen molar-refractivity contribution in [3.63, 3.8) is 0 Å². The maximum atomic E-state index is 11.6. The van der Waals surface area contributed by atoms with Crippen molar-refractivity contribution >= 4 is 12.0 Å². The van der Waals surface area contributed by atoms with Gasteiger partial charge in [-0.15, -0.1) is 0 Å². The number of aryl methyl sites for hydroxylation is 1. The van der Waals surface area contributed by atoms with E-state index in [9.17, 15) is 4.79 Å². The van der Waals surface area contributed by atoms with Crippen molar-refractivity contribution in [2.45, 2.75) is 20.8 Å². The second kappa shape index (κ2) is 3.78. The summed E-state index contributed by atoms with van der Waals surface area (Å²) in [4.78, 5) is 11.6. The van der Waals surface area contributed by atoms with Gasteiger partial charge < -0.3 is 4.74 Å². The second-order valence-corrected chi connectivity index (χ2v) is 4.93. The predicted octanol–water partition coefficient (Wildman–Crippen LogP) is 2.96. The molecule has 0 aromatic heterocycles. The first-order chi connectivity index (χ1) is 7.49. The first-order valence-electron chi connectivity index (χ1n) is 5.45. The van der Waals surface area contributed by atoms with Crippen molar-refractivity contribution in [1.82, 2.24) is 0 Å². The zero-order chi connectivity index (χ0) is 11.8. The highest BCUT2D eigenvalue weighted by Gasteiger charge is 2.37. The second-order valence-electron chi connectivity index (χ2n) is 4.93. The molecule has 0 bridgehead atoms. The molecular formula is C14H16O2. The highest BCUT2D eigenvalue weighted by atomic mass is 16.5. The third-order valence-corrected chi connectivity index (χ3v) is 2.90. The normalized spacial score (nSPS) is 21.2. The molecule has 2 heteroatoms. The quantitative estimate of drug-likeness (QED) is 0.533. The Morgan fingerprint density at radius 1 is 1.25 bits per heavy atom. The Bertz CT molecular complexity index is 438. The smallest absolute Gasteiger partial charge is 0.334 e. The summed E-state index contributed by atoms with van der Waals surface area (Å²) in [6.07, 6.45) is 1.93. The standard InChI is InChI=1S/C14H16O2/c1-10-4-6-11(7-5-10)8-12-13(15)16-9-14(12,2)3/h4-8H,9H2,1-3H3/b12-8-. The van der Waals surface area contributed by atoms with Gasteiger partial charge in [0, 0.05) is 11.0 Å². The van der Waals surface area contributed by atoms with Crippen molar-refractivity contribution in [2.75, 3.05) is 6.61 Å². The molecule has 1 aromatic rings. The minimum atomic E-state index is -0.189. The lowest BCUT2D eigenvalue weighted by Gasteiger charge is -2.14. The number of rotatable bonds is 1. The zero-order valence-corrected chi connectivity index (χ0v) is 9.91. The van der Waals surface area contributed by atoms with Gasteiger partial charge in [-0.05, 0) is 18.6 Å². The fourth-order valence-electron chi connectivity index (χ4n) is 1.76. The fourth-order valence-corrected chi connectivity index (χ4v) is 1.76. The van der Waals surface area contributed by atoms with E-state index in [0.717, 1.165) is 11.1 Å². The highest BCUT2D eigenvalue weighted by molar-refractivity contribution is 5.97. The van der Waals surface area contributed by atoms with Crippen LogP contribution in [-0.4, -0.2) is 12.6 Å². The maximum Gasteiger partial charge on any atom is 0.334 e. The van der Waals surface area contributed by atoms with Crippen LogP contribution in [0.4, 0.5) is 0 Å². The number of carbonyl (C=O) groups excluding carboxylic acids is 1. The topological polar surface area (TPSA) is 26.3 Å². The van der Waals surface area contributed by atoms with Gasteiger partial charge in [0.05, 0.1) is 0 Å². The molecule has 84 valence electrons. The number of esters is 1. The van der Waals surface area contributed by atoms with E-state index in [4.69, 9.17) is 4.74 Å². The van der Waals surface area contributed by atoms with Crippen molar-refractivity contribution < 1.29 is 9.53 Å². The highest BCUT2D eigenvalue weighted by Crippen LogP contribution is 2.34. The van der Waals surface area contributed by atoms with Crippen LogP contribution in [0.5, 0.6) is 0 Å². The molecule has 0 atom stereocenters. The van der Waals surface area contributed by atoms with Crippen LogP contribution in [0.3, 0.4) is 0 Å². The van der Waals surface area contributed by atoms with Gasteiger partial charge >= 0.3 is 5.97 Å². The Morgan fingerprint density at radius 2 is 1.88 bits per heavy atom. The predicted molar refractivity (Wildman–Crippen MR) is 63.9 cm³/mol. The Labute approximate surface area is 95.9 Å². The number of benzene rings is 1. The van der Waals surface area contributed by atoms with Crippen molar-refractivity contribution in [3.8, 4) is 0 Å². The third-order valence-electron chi connectivity index (χ3n) is 2.90. The van der Waals surface area contributed by atoms with Crippen LogP contribution in [-0.2, 0) is 9.53 Å². The molecule has 1 fully saturated rings. The molecule has 1 heterocycles. The summed E-state index contributed by atoms with van der Waals surface area (Å²) in [5.41, 5.74) is 2.85. The average molecular weight is 216 g/mol. The van der Waals surface area contributed by atoms with E-state index < -0.39 is 0 Å². The lowest BCUT2D eigenvalue weighted by Crippen LogP contribution is -2.13. The van der Waals surface area contributed by atoms with E-state index in [1.807, 2.05) is 51.1 Å². The third kappa shape index (κ3) is 2.01. The number of cyclic esters (lactones) is 1. The minimum Gasteiger partial charge on any atom is -0.461 e. The summed E-state index contributed by atoms with van der Waals surface area (Å²) in [6.45, 7) is 6.57. The van der Waals surface area contributed by atoms with E-state index in [1.165, 1.54) is 5.56 Å². The fraction of sp³-hybridized carbons (Fsp3) is 0.357. The molecule has 16 heavy (non-hydrogen) atoms. The molecular weight excluding hydrogens is 200 g/mol. The molecule has 1 aromatic carbocycles. The first-order valence-corrected chi connectivity index (χ1v) is 5.45. The number of hydrogen-bond acceptors (Lipinski definition) is 2. The first kappa shape index (κ1) is 10.9. The Balaban J connectivity index is 2.36. The average Bonchev–Trinajstić information content (AvgIpc) is 2.48. The van der Waals surface area contributed by atoms with Crippen LogP contribution in [0.15, 0.2) is 29.8 Å². The van der Waals surface area contributed by atoms with E-state index in [2.05, 4.69) is 0 Å². The van der Waals surface area contributed by atoms with Gasteiger partial charge in [0.2, 0.25) is 0 Å². The van der Waals surface area contributed by atoms with E-state index in [-0.39, 0.29) is 11.4 Å². The summed E-state index contributed by atoms with van der Waals surface area (Å²) in [6, 6.07) is 8.12. The lowest BCUT2D eigenvalue weighted by molar-refractivity contribution is -0.135. The van der Waals surface area contributed by atoms with Gasteiger partial charge in [-0.1, -0.05) is 43.7 Å². The molecule has 0 amide bonds. The van der Waals surface area contributed by atoms with Gasteiger partial charge in [-0.25, -0.2) is 4.79 Å². The van der Waals surface area contributed by atoms with Crippen molar-refractivity contribution in [3.05, 3.63) is 41.0 Å². The van der Waals surface area contributed by atoms with E-state index in [0.29, 0.717) is 6.61 Å². The van der Waals surface area contributed by atoms with Crippen molar-refractivity contribution in [1.29, 1.82) is 0 Å². The Hall–Kier alpha value is -1.57. The summed E-state index contributed by atoms with van der Waals surface area (Å²) < 4.78 is 5.07. The van der Waals surface area contributed by atoms with E-state index in [1.54, 1.807) is 0 Å². The van der Waals surface area contributed by atoms with Crippen LogP contribution >= 0.6 is 0 Å². The SMILES string of the molecule is Cc1ccc(/C=C2/C(=O)OCC2(C)C)cc1. The van der Waals surface area contributed by atoms with Gasteiger partial charge in [-0.2, -0.15) is 0 Å². The molecule has 2 rings (SSSR count). The van der Waals surface area contributed by atoms with E-state index >= 15 is 0 Å². The molecule has 0 aliphatic carbocycles. The minimum absolute atomic E-state index is 0.179. The molecule has 1 aliphatic rings. The molecule has 1 aliphatic heterocycles. The largest absolute Gasteiger partial charge is 0.461 e. The molecule has 0 N–H and O–H groups in total. The molecule has 0 radical (unpaired) electrons. The summed E-state index contributed by atoms with van der Waals surface area (Å²) >= 11 is 0. The molecule has 0 spiro atoms. The number of hydrogen-bond donors (Lipinski definition) is 0. The van der Waals surface area contributed by atoms with Crippen LogP contribution in [0.1, 0.15) is 25.0 Å². The van der Waals surface area contributed by atoms with Gasteiger partial charge in [0.1, 0.15) is 6.61 Å².